The van der Waals surface area contributed by atoms with Crippen LogP contribution >= 0.6 is 0 Å². The third kappa shape index (κ3) is 10.1. The number of hydrogen-bond acceptors (Lipinski definition) is 7. The number of nitrogens with one attached hydrogen (secondary N) is 1. The fourth-order valence-corrected chi connectivity index (χ4v) is 2.74. The normalized spacial score (nSPS) is 12.2. The Bertz CT molecular complexity index is 760. The van der Waals surface area contributed by atoms with Crippen molar-refractivity contribution in [3.63, 3.8) is 0 Å². The Morgan fingerprint density at radius 3 is 2.44 bits per heavy atom. The molecule has 1 N–H and O–H groups in total. The summed E-state index contributed by atoms with van der Waals surface area (Å²) in [7, 11) is 1.52. The predicted molar refractivity (Wildman–Crippen MR) is 121 cm³/mol. The summed E-state index contributed by atoms with van der Waals surface area (Å²) in [4.78, 5) is 43.1. The third-order valence-electron chi connectivity index (χ3n) is 4.35. The lowest BCUT2D eigenvalue weighted by atomic mass is 10.0. The van der Waals surface area contributed by atoms with Gasteiger partial charge in [0.25, 0.3) is 0 Å². The molecule has 0 bridgehead atoms. The van der Waals surface area contributed by atoms with E-state index in [0.717, 1.165) is 5.56 Å². The van der Waals surface area contributed by atoms with Crippen molar-refractivity contribution in [3.05, 3.63) is 23.9 Å². The summed E-state index contributed by atoms with van der Waals surface area (Å²) in [6, 6.07) is 2.87. The van der Waals surface area contributed by atoms with Gasteiger partial charge in [-0.2, -0.15) is 0 Å². The van der Waals surface area contributed by atoms with Crippen LogP contribution in [-0.2, 0) is 23.8 Å². The fraction of sp³-hybridized carbons (Fsp3) is 0.652. The van der Waals surface area contributed by atoms with Crippen molar-refractivity contribution < 1.29 is 28.6 Å². The molecule has 0 aliphatic carbocycles. The van der Waals surface area contributed by atoms with Gasteiger partial charge in [0, 0.05) is 26.3 Å². The number of esters is 1. The number of aryl methyl sites for hydroxylation is 1. The summed E-state index contributed by atoms with van der Waals surface area (Å²) < 4.78 is 15.5. The number of nitrogens with zero attached hydrogens (tertiary/aromatic N) is 2. The van der Waals surface area contributed by atoms with E-state index in [4.69, 9.17) is 14.2 Å². The first-order valence-electron chi connectivity index (χ1n) is 10.8. The molecule has 2 amide bonds. The molecule has 0 aliphatic heterocycles. The average molecular weight is 452 g/mol. The van der Waals surface area contributed by atoms with Gasteiger partial charge in [-0.1, -0.05) is 13.8 Å². The van der Waals surface area contributed by atoms with Crippen LogP contribution in [0.3, 0.4) is 0 Å². The number of methoxy groups -OCH3 is 1. The van der Waals surface area contributed by atoms with Gasteiger partial charge in [0.15, 0.2) is 0 Å². The van der Waals surface area contributed by atoms with E-state index in [1.54, 1.807) is 33.0 Å². The lowest BCUT2D eigenvalue weighted by molar-refractivity contribution is -0.150. The highest BCUT2D eigenvalue weighted by atomic mass is 16.6. The standard InChI is InChI=1S/C23H37N3O6/c1-16(2)20(21(28)31-14-13-30-7)25-19(27)9-8-12-26(22(29)32-23(4,5)6)18-15-17(3)10-11-24-18/h10-11,15-16,20H,8-9,12-14H2,1-7H3,(H,25,27)/t20-/m1/s1. The van der Waals surface area contributed by atoms with Crippen LogP contribution in [0.2, 0.25) is 0 Å². The lowest BCUT2D eigenvalue weighted by Crippen LogP contribution is -2.45. The molecule has 0 unspecified atom stereocenters. The van der Waals surface area contributed by atoms with Gasteiger partial charge in [0.1, 0.15) is 24.1 Å². The number of aromatic nitrogens is 1. The highest BCUT2D eigenvalue weighted by molar-refractivity contribution is 5.87. The first-order chi connectivity index (χ1) is 14.9. The maximum Gasteiger partial charge on any atom is 0.416 e. The highest BCUT2D eigenvalue weighted by Gasteiger charge is 2.27. The quantitative estimate of drug-likeness (QED) is 0.406. The second-order valence-corrected chi connectivity index (χ2v) is 8.88. The fourth-order valence-electron chi connectivity index (χ4n) is 2.74. The van der Waals surface area contributed by atoms with Gasteiger partial charge < -0.3 is 19.5 Å². The number of anilines is 1. The van der Waals surface area contributed by atoms with Gasteiger partial charge in [-0.3, -0.25) is 9.69 Å². The molecule has 0 spiro atoms. The number of rotatable bonds is 11. The Hall–Kier alpha value is -2.68. The molecule has 1 heterocycles. The van der Waals surface area contributed by atoms with Crippen molar-refractivity contribution in [2.24, 2.45) is 5.92 Å². The molecule has 180 valence electrons. The molecule has 1 aromatic heterocycles. The Morgan fingerprint density at radius 2 is 1.88 bits per heavy atom. The van der Waals surface area contributed by atoms with E-state index < -0.39 is 23.7 Å². The molecule has 1 atom stereocenters. The summed E-state index contributed by atoms with van der Waals surface area (Å²) in [6.45, 7) is 11.6. The number of carbonyl (C=O) groups is 3. The summed E-state index contributed by atoms with van der Waals surface area (Å²) in [5, 5.41) is 2.73. The summed E-state index contributed by atoms with van der Waals surface area (Å²) in [5.41, 5.74) is 0.289. The third-order valence-corrected chi connectivity index (χ3v) is 4.35. The van der Waals surface area contributed by atoms with E-state index in [2.05, 4.69) is 10.3 Å². The Balaban J connectivity index is 2.74. The minimum absolute atomic E-state index is 0.125. The van der Waals surface area contributed by atoms with Crippen LogP contribution in [0, 0.1) is 12.8 Å². The topological polar surface area (TPSA) is 107 Å². The number of ether oxygens (including phenoxy) is 3. The van der Waals surface area contributed by atoms with Gasteiger partial charge in [-0.05, 0) is 57.7 Å². The number of pyridine rings is 1. The molecule has 1 rings (SSSR count). The van der Waals surface area contributed by atoms with Crippen molar-refractivity contribution in [1.82, 2.24) is 10.3 Å². The number of carbonyl (C=O) groups excluding carboxylic acids is 3. The molecule has 0 fully saturated rings. The van der Waals surface area contributed by atoms with Crippen LogP contribution in [0.5, 0.6) is 0 Å². The Labute approximate surface area is 190 Å². The predicted octanol–water partition coefficient (Wildman–Crippen LogP) is 3.24. The van der Waals surface area contributed by atoms with E-state index in [-0.39, 0.29) is 38.0 Å². The zero-order valence-corrected chi connectivity index (χ0v) is 20.3. The van der Waals surface area contributed by atoms with Crippen molar-refractivity contribution in [2.75, 3.05) is 31.8 Å². The lowest BCUT2D eigenvalue weighted by Gasteiger charge is -2.27. The second-order valence-electron chi connectivity index (χ2n) is 8.88. The van der Waals surface area contributed by atoms with Gasteiger partial charge in [-0.15, -0.1) is 0 Å². The molecule has 0 radical (unpaired) electrons. The van der Waals surface area contributed by atoms with E-state index in [0.29, 0.717) is 12.2 Å². The smallest absolute Gasteiger partial charge is 0.416 e. The zero-order valence-electron chi connectivity index (χ0n) is 20.3. The molecule has 0 aliphatic rings. The Kier molecular flexibility index (Phi) is 11.1. The molecular weight excluding hydrogens is 414 g/mol. The van der Waals surface area contributed by atoms with Gasteiger partial charge in [-0.25, -0.2) is 14.6 Å². The minimum atomic E-state index is -0.750. The van der Waals surface area contributed by atoms with Crippen molar-refractivity contribution in [1.29, 1.82) is 0 Å². The van der Waals surface area contributed by atoms with Crippen molar-refractivity contribution in [2.45, 2.75) is 66.0 Å². The summed E-state index contributed by atoms with van der Waals surface area (Å²) in [6.07, 6.45) is 1.58. The highest BCUT2D eigenvalue weighted by Crippen LogP contribution is 2.18. The number of hydrogen-bond donors (Lipinski definition) is 1. The van der Waals surface area contributed by atoms with Crippen molar-refractivity contribution >= 4 is 23.8 Å². The first kappa shape index (κ1) is 27.4. The SMILES string of the molecule is COCCOC(=O)[C@H](NC(=O)CCCN(C(=O)OC(C)(C)C)c1cc(C)ccn1)C(C)C. The molecule has 32 heavy (non-hydrogen) atoms. The molecule has 0 saturated carbocycles. The van der Waals surface area contributed by atoms with Crippen LogP contribution < -0.4 is 10.2 Å². The monoisotopic (exact) mass is 451 g/mol. The molecule has 0 saturated heterocycles. The summed E-state index contributed by atoms with van der Waals surface area (Å²) in [5.74, 6) is -0.469. The van der Waals surface area contributed by atoms with Gasteiger partial charge >= 0.3 is 12.1 Å². The minimum Gasteiger partial charge on any atom is -0.462 e. The van der Waals surface area contributed by atoms with E-state index in [1.165, 1.54) is 12.0 Å². The van der Waals surface area contributed by atoms with Crippen LogP contribution in [0.25, 0.3) is 0 Å². The second kappa shape index (κ2) is 13.0. The first-order valence-corrected chi connectivity index (χ1v) is 10.8. The van der Waals surface area contributed by atoms with E-state index >= 15 is 0 Å². The summed E-state index contributed by atoms with van der Waals surface area (Å²) >= 11 is 0. The van der Waals surface area contributed by atoms with E-state index in [1.807, 2.05) is 26.8 Å². The molecule has 1 aromatic rings. The molecule has 9 nitrogen and oxygen atoms in total. The van der Waals surface area contributed by atoms with Crippen LogP contribution in [0.1, 0.15) is 53.0 Å². The molecule has 9 heteroatoms. The van der Waals surface area contributed by atoms with Crippen molar-refractivity contribution in [3.8, 4) is 0 Å². The maximum atomic E-state index is 12.7. The molecule has 0 aromatic carbocycles. The van der Waals surface area contributed by atoms with Crippen LogP contribution in [0.15, 0.2) is 18.3 Å². The van der Waals surface area contributed by atoms with Gasteiger partial charge in [0.2, 0.25) is 5.91 Å². The zero-order chi connectivity index (χ0) is 24.3. The molecular formula is C23H37N3O6. The largest absolute Gasteiger partial charge is 0.462 e. The maximum absolute atomic E-state index is 12.7. The van der Waals surface area contributed by atoms with Crippen LogP contribution in [0.4, 0.5) is 10.6 Å². The van der Waals surface area contributed by atoms with E-state index in [9.17, 15) is 14.4 Å². The van der Waals surface area contributed by atoms with Crippen LogP contribution in [-0.4, -0.2) is 61.5 Å². The average Bonchev–Trinajstić information content (AvgIpc) is 2.67. The number of amides is 2. The van der Waals surface area contributed by atoms with Gasteiger partial charge in [0.05, 0.1) is 6.61 Å². The Morgan fingerprint density at radius 1 is 1.19 bits per heavy atom.